The lowest BCUT2D eigenvalue weighted by atomic mass is 9.85. The molecule has 0 N–H and O–H groups in total. The number of hydrogen-bond donors (Lipinski definition) is 0. The van der Waals surface area contributed by atoms with Crippen LogP contribution in [-0.4, -0.2) is 33.6 Å². The van der Waals surface area contributed by atoms with E-state index < -0.39 is 5.76 Å². The first-order chi connectivity index (χ1) is 12.5. The topological polar surface area (TPSA) is 68.3 Å². The molecule has 1 amide bonds. The van der Waals surface area contributed by atoms with E-state index in [1.807, 2.05) is 0 Å². The summed E-state index contributed by atoms with van der Waals surface area (Å²) in [6, 6.07) is 6.14. The summed E-state index contributed by atoms with van der Waals surface area (Å²) in [6.45, 7) is 2.07. The number of nitrogens with zero attached hydrogens (tertiary/aromatic N) is 3. The molecule has 2 aromatic rings. The Morgan fingerprint density at radius 1 is 1.31 bits per heavy atom. The average Bonchev–Trinajstić information content (AvgIpc) is 2.97. The number of rotatable bonds is 5. The zero-order valence-electron chi connectivity index (χ0n) is 15.2. The Bertz CT molecular complexity index is 812. The van der Waals surface area contributed by atoms with Gasteiger partial charge in [0.05, 0.1) is 0 Å². The van der Waals surface area contributed by atoms with Crippen molar-refractivity contribution >= 4 is 5.91 Å². The maximum absolute atomic E-state index is 13.0. The molecule has 0 spiro atoms. The first-order valence-corrected chi connectivity index (χ1v) is 9.01. The van der Waals surface area contributed by atoms with E-state index in [1.165, 1.54) is 23.1 Å². The Morgan fingerprint density at radius 3 is 2.69 bits per heavy atom. The fourth-order valence-corrected chi connectivity index (χ4v) is 3.67. The minimum absolute atomic E-state index is 0.0986. The van der Waals surface area contributed by atoms with E-state index in [4.69, 9.17) is 4.52 Å². The highest BCUT2D eigenvalue weighted by molar-refractivity contribution is 5.76. The Hall–Kier alpha value is -2.44. The van der Waals surface area contributed by atoms with Crippen LogP contribution in [0.1, 0.15) is 44.0 Å². The normalized spacial score (nSPS) is 20.1. The first kappa shape index (κ1) is 18.4. The Kier molecular flexibility index (Phi) is 5.54. The van der Waals surface area contributed by atoms with E-state index in [9.17, 15) is 14.0 Å². The van der Waals surface area contributed by atoms with Crippen molar-refractivity contribution in [3.8, 4) is 0 Å². The molecule has 2 atom stereocenters. The molecular weight excluding hydrogens is 337 g/mol. The van der Waals surface area contributed by atoms with Gasteiger partial charge in [-0.15, -0.1) is 0 Å². The minimum atomic E-state index is -0.652. The van der Waals surface area contributed by atoms with Crippen molar-refractivity contribution in [2.75, 3.05) is 7.05 Å². The second-order valence-corrected chi connectivity index (χ2v) is 7.09. The summed E-state index contributed by atoms with van der Waals surface area (Å²) in [4.78, 5) is 26.4. The van der Waals surface area contributed by atoms with Gasteiger partial charge in [0.1, 0.15) is 12.4 Å². The van der Waals surface area contributed by atoms with Crippen LogP contribution in [0.4, 0.5) is 4.39 Å². The summed E-state index contributed by atoms with van der Waals surface area (Å²) in [5, 5.41) is 3.78. The third-order valence-electron chi connectivity index (χ3n) is 5.29. The highest BCUT2D eigenvalue weighted by Crippen LogP contribution is 2.27. The molecule has 1 aliphatic carbocycles. The van der Waals surface area contributed by atoms with Gasteiger partial charge in [-0.1, -0.05) is 37.1 Å². The van der Waals surface area contributed by atoms with Gasteiger partial charge >= 0.3 is 5.76 Å². The highest BCUT2D eigenvalue weighted by Gasteiger charge is 2.28. The van der Waals surface area contributed by atoms with Crippen molar-refractivity contribution in [1.29, 1.82) is 0 Å². The molecule has 0 aliphatic heterocycles. The lowest BCUT2D eigenvalue weighted by Crippen LogP contribution is -2.44. The van der Waals surface area contributed by atoms with Gasteiger partial charge in [0, 0.05) is 19.5 Å². The van der Waals surface area contributed by atoms with Gasteiger partial charge in [-0.2, -0.15) is 0 Å². The predicted octanol–water partition coefficient (Wildman–Crippen LogP) is 2.60. The number of amides is 1. The highest BCUT2D eigenvalue weighted by atomic mass is 19.1. The first-order valence-electron chi connectivity index (χ1n) is 9.01. The number of benzene rings is 1. The lowest BCUT2D eigenvalue weighted by Gasteiger charge is -2.36. The molecule has 0 saturated heterocycles. The summed E-state index contributed by atoms with van der Waals surface area (Å²) in [6.07, 6.45) is 4.72. The third-order valence-corrected chi connectivity index (χ3v) is 5.29. The molecule has 2 unspecified atom stereocenters. The van der Waals surface area contributed by atoms with Gasteiger partial charge in [-0.3, -0.25) is 13.9 Å². The standard InChI is InChI=1S/C19H24FN3O3/c1-13-5-3-4-6-16(13)22(2)18(24)12-23-17(21-26-19(23)25)11-14-7-9-15(20)10-8-14/h7-10,13,16H,3-6,11-12H2,1-2H3. The number of halogens is 1. The number of carbonyl (C=O) groups is 1. The van der Waals surface area contributed by atoms with E-state index in [0.717, 1.165) is 24.8 Å². The molecule has 140 valence electrons. The monoisotopic (exact) mass is 361 g/mol. The SMILES string of the molecule is CC1CCCCC1N(C)C(=O)Cn1c(Cc2ccc(F)cc2)noc1=O. The summed E-state index contributed by atoms with van der Waals surface area (Å²) in [7, 11) is 1.80. The molecule has 0 bridgehead atoms. The lowest BCUT2D eigenvalue weighted by molar-refractivity contribution is -0.134. The van der Waals surface area contributed by atoms with Crippen LogP contribution < -0.4 is 5.76 Å². The predicted molar refractivity (Wildman–Crippen MR) is 94.2 cm³/mol. The molecule has 0 radical (unpaired) electrons. The maximum Gasteiger partial charge on any atom is 0.442 e. The van der Waals surface area contributed by atoms with Crippen molar-refractivity contribution in [2.45, 2.75) is 51.6 Å². The van der Waals surface area contributed by atoms with Crippen LogP contribution in [0.15, 0.2) is 33.6 Å². The van der Waals surface area contributed by atoms with Gasteiger partial charge in [-0.05, 0) is 36.5 Å². The van der Waals surface area contributed by atoms with Crippen LogP contribution in [0, 0.1) is 11.7 Å². The molecule has 7 heteroatoms. The summed E-state index contributed by atoms with van der Waals surface area (Å²) < 4.78 is 19.0. The molecule has 1 aromatic heterocycles. The van der Waals surface area contributed by atoms with Crippen molar-refractivity contribution in [3.63, 3.8) is 0 Å². The molecule has 1 heterocycles. The molecule has 1 aliphatic rings. The fraction of sp³-hybridized carbons (Fsp3) is 0.526. The van der Waals surface area contributed by atoms with Gasteiger partial charge in [0.25, 0.3) is 0 Å². The van der Waals surface area contributed by atoms with Crippen LogP contribution in [0.2, 0.25) is 0 Å². The molecule has 1 aromatic carbocycles. The molecule has 1 saturated carbocycles. The van der Waals surface area contributed by atoms with E-state index in [1.54, 1.807) is 24.1 Å². The third kappa shape index (κ3) is 4.03. The van der Waals surface area contributed by atoms with Crippen LogP contribution in [0.25, 0.3) is 0 Å². The van der Waals surface area contributed by atoms with Gasteiger partial charge in [0.15, 0.2) is 5.82 Å². The summed E-state index contributed by atoms with van der Waals surface area (Å²) >= 11 is 0. The average molecular weight is 361 g/mol. The Balaban J connectivity index is 1.73. The second-order valence-electron chi connectivity index (χ2n) is 7.09. The number of hydrogen-bond acceptors (Lipinski definition) is 4. The van der Waals surface area contributed by atoms with Gasteiger partial charge in [-0.25, -0.2) is 9.18 Å². The van der Waals surface area contributed by atoms with Crippen LogP contribution in [0.5, 0.6) is 0 Å². The van der Waals surface area contributed by atoms with Gasteiger partial charge in [0.2, 0.25) is 5.91 Å². The zero-order valence-corrected chi connectivity index (χ0v) is 15.2. The van der Waals surface area contributed by atoms with E-state index in [0.29, 0.717) is 18.2 Å². The van der Waals surface area contributed by atoms with E-state index in [2.05, 4.69) is 12.1 Å². The quantitative estimate of drug-likeness (QED) is 0.821. The molecule has 26 heavy (non-hydrogen) atoms. The Labute approximate surface area is 151 Å². The van der Waals surface area contributed by atoms with Crippen molar-refractivity contribution in [3.05, 3.63) is 52.0 Å². The van der Waals surface area contributed by atoms with Crippen LogP contribution >= 0.6 is 0 Å². The maximum atomic E-state index is 13.0. The van der Waals surface area contributed by atoms with Gasteiger partial charge < -0.3 is 4.90 Å². The van der Waals surface area contributed by atoms with Crippen LogP contribution in [-0.2, 0) is 17.8 Å². The molecule has 6 nitrogen and oxygen atoms in total. The molecule has 1 fully saturated rings. The Morgan fingerprint density at radius 2 is 2.00 bits per heavy atom. The number of likely N-dealkylation sites (N-methyl/N-ethyl adjacent to an activating group) is 1. The smallest absolute Gasteiger partial charge is 0.341 e. The fourth-order valence-electron chi connectivity index (χ4n) is 3.67. The zero-order chi connectivity index (χ0) is 18.7. The van der Waals surface area contributed by atoms with Crippen molar-refractivity contribution < 1.29 is 13.7 Å². The largest absolute Gasteiger partial charge is 0.442 e. The van der Waals surface area contributed by atoms with E-state index >= 15 is 0 Å². The van der Waals surface area contributed by atoms with Crippen LogP contribution in [0.3, 0.4) is 0 Å². The molecule has 3 rings (SSSR count). The van der Waals surface area contributed by atoms with Crippen molar-refractivity contribution in [1.82, 2.24) is 14.6 Å². The van der Waals surface area contributed by atoms with E-state index in [-0.39, 0.29) is 24.3 Å². The molecular formula is C19H24FN3O3. The summed E-state index contributed by atoms with van der Waals surface area (Å²) in [5.74, 6) is -0.296. The number of carbonyl (C=O) groups excluding carboxylic acids is 1. The summed E-state index contributed by atoms with van der Waals surface area (Å²) in [5.41, 5.74) is 0.787. The second kappa shape index (κ2) is 7.85. The minimum Gasteiger partial charge on any atom is -0.341 e. The number of aromatic nitrogens is 2. The van der Waals surface area contributed by atoms with Crippen molar-refractivity contribution in [2.24, 2.45) is 5.92 Å².